The number of phenols is 1. The van der Waals surface area contributed by atoms with Crippen molar-refractivity contribution in [3.05, 3.63) is 82.0 Å². The first-order valence-corrected chi connectivity index (χ1v) is 11.7. The first-order chi connectivity index (χ1) is 16.8. The topological polar surface area (TPSA) is 110 Å². The number of allylic oxidation sites excluding steroid dienone is 2. The molecule has 35 heavy (non-hydrogen) atoms. The molecule has 1 aromatic heterocycles. The van der Waals surface area contributed by atoms with Crippen LogP contribution in [0.1, 0.15) is 25.3 Å². The molecule has 1 aliphatic rings. The largest absolute Gasteiger partial charge is 0.508 e. The van der Waals surface area contributed by atoms with Crippen LogP contribution in [0.4, 0.5) is 10.8 Å². The number of ether oxygens (including phenoxy) is 2. The molecule has 1 aliphatic heterocycles. The second-order valence-electron chi connectivity index (χ2n) is 7.95. The van der Waals surface area contributed by atoms with Crippen LogP contribution in [0.25, 0.3) is 11.3 Å². The summed E-state index contributed by atoms with van der Waals surface area (Å²) in [5, 5.41) is 18.5. The second-order valence-corrected chi connectivity index (χ2v) is 8.81. The van der Waals surface area contributed by atoms with Crippen molar-refractivity contribution in [2.75, 3.05) is 19.5 Å². The number of anilines is 2. The van der Waals surface area contributed by atoms with Crippen LogP contribution in [-0.4, -0.2) is 36.2 Å². The van der Waals surface area contributed by atoms with Crippen LogP contribution in [0, 0.1) is 0 Å². The lowest BCUT2D eigenvalue weighted by atomic mass is 9.80. The number of aromatic hydroxyl groups is 1. The van der Waals surface area contributed by atoms with E-state index in [-0.39, 0.29) is 5.75 Å². The van der Waals surface area contributed by atoms with E-state index in [4.69, 9.17) is 9.47 Å². The quantitative estimate of drug-likeness (QED) is 0.420. The Kier molecular flexibility index (Phi) is 6.88. The predicted octanol–water partition coefficient (Wildman–Crippen LogP) is 4.84. The summed E-state index contributed by atoms with van der Waals surface area (Å²) in [5.41, 5.74) is 5.07. The van der Waals surface area contributed by atoms with Crippen LogP contribution in [0.15, 0.2) is 76.5 Å². The van der Waals surface area contributed by atoms with E-state index in [0.717, 1.165) is 22.5 Å². The highest BCUT2D eigenvalue weighted by Gasteiger charge is 2.37. The number of thiazole rings is 1. The number of aromatic nitrogens is 1. The van der Waals surface area contributed by atoms with Crippen LogP contribution in [0.3, 0.4) is 0 Å². The molecule has 0 unspecified atom stereocenters. The van der Waals surface area contributed by atoms with Crippen LogP contribution in [-0.2, 0) is 19.1 Å². The van der Waals surface area contributed by atoms with E-state index in [0.29, 0.717) is 27.7 Å². The average Bonchev–Trinajstić information content (AvgIpc) is 3.31. The van der Waals surface area contributed by atoms with E-state index >= 15 is 0 Å². The van der Waals surface area contributed by atoms with Gasteiger partial charge in [0.1, 0.15) is 5.75 Å². The Labute approximate surface area is 206 Å². The number of phenolic OH excluding ortho intramolecular Hbond substituents is 1. The number of dihydropyridines is 1. The minimum atomic E-state index is -0.665. The molecule has 0 spiro atoms. The number of carbonyl (C=O) groups is 2. The molecule has 0 bridgehead atoms. The number of carbonyl (C=O) groups excluding carboxylic acids is 2. The van der Waals surface area contributed by atoms with Gasteiger partial charge in [-0.1, -0.05) is 12.1 Å². The summed E-state index contributed by atoms with van der Waals surface area (Å²) in [6.07, 6.45) is 0. The number of hydrogen-bond acceptors (Lipinski definition) is 9. The minimum absolute atomic E-state index is 0.197. The van der Waals surface area contributed by atoms with Crippen molar-refractivity contribution < 1.29 is 24.2 Å². The first kappa shape index (κ1) is 24.0. The van der Waals surface area contributed by atoms with Crippen LogP contribution >= 0.6 is 11.3 Å². The van der Waals surface area contributed by atoms with Gasteiger partial charge in [-0.3, -0.25) is 0 Å². The summed E-state index contributed by atoms with van der Waals surface area (Å²) in [6.45, 7) is 3.55. The molecule has 0 atom stereocenters. The van der Waals surface area contributed by atoms with Crippen LogP contribution < -0.4 is 10.6 Å². The lowest BCUT2D eigenvalue weighted by Gasteiger charge is -2.30. The third-order valence-electron chi connectivity index (χ3n) is 5.71. The predicted molar refractivity (Wildman–Crippen MR) is 134 cm³/mol. The van der Waals surface area contributed by atoms with Gasteiger partial charge in [0, 0.05) is 28.0 Å². The molecule has 180 valence electrons. The minimum Gasteiger partial charge on any atom is -0.508 e. The van der Waals surface area contributed by atoms with E-state index < -0.39 is 17.9 Å². The molecule has 0 saturated carbocycles. The van der Waals surface area contributed by atoms with Gasteiger partial charge in [-0.05, 0) is 55.8 Å². The molecule has 0 amide bonds. The molecule has 3 aromatic rings. The van der Waals surface area contributed by atoms with Gasteiger partial charge in [-0.15, -0.1) is 11.3 Å². The summed E-state index contributed by atoms with van der Waals surface area (Å²) in [5.74, 6) is -1.51. The fourth-order valence-electron chi connectivity index (χ4n) is 4.10. The molecule has 8 nitrogen and oxygen atoms in total. The Morgan fingerprint density at radius 1 is 1.00 bits per heavy atom. The van der Waals surface area contributed by atoms with Crippen molar-refractivity contribution in [3.63, 3.8) is 0 Å². The number of benzene rings is 2. The summed E-state index contributed by atoms with van der Waals surface area (Å²) < 4.78 is 10.1. The number of nitrogens with zero attached hydrogens (tertiary/aromatic N) is 1. The van der Waals surface area contributed by atoms with E-state index in [1.165, 1.54) is 25.6 Å². The molecule has 0 saturated heterocycles. The maximum absolute atomic E-state index is 12.7. The van der Waals surface area contributed by atoms with Gasteiger partial charge in [0.25, 0.3) is 0 Å². The van der Waals surface area contributed by atoms with Crippen LogP contribution in [0.2, 0.25) is 0 Å². The van der Waals surface area contributed by atoms with Crippen LogP contribution in [0.5, 0.6) is 5.75 Å². The maximum Gasteiger partial charge on any atom is 0.336 e. The SMILES string of the molecule is COC(=O)C1=C(C)NC(C)=C(C(=O)OC)C1c1cccc(Nc2nc(-c3ccc(O)cc3)cs2)c1. The van der Waals surface area contributed by atoms with Crippen molar-refractivity contribution >= 4 is 34.1 Å². The van der Waals surface area contributed by atoms with Gasteiger partial charge in [0.15, 0.2) is 5.13 Å². The Morgan fingerprint density at radius 3 is 2.23 bits per heavy atom. The number of nitrogens with one attached hydrogen (secondary N) is 2. The molecule has 0 radical (unpaired) electrons. The molecular formula is C26H25N3O5S. The van der Waals surface area contributed by atoms with Crippen molar-refractivity contribution in [2.24, 2.45) is 0 Å². The second kappa shape index (κ2) is 10.0. The van der Waals surface area contributed by atoms with Crippen molar-refractivity contribution in [2.45, 2.75) is 19.8 Å². The molecular weight excluding hydrogens is 466 g/mol. The Balaban J connectivity index is 1.69. The maximum atomic E-state index is 12.7. The fourth-order valence-corrected chi connectivity index (χ4v) is 4.84. The molecule has 3 N–H and O–H groups in total. The Hall–Kier alpha value is -4.11. The molecule has 4 rings (SSSR count). The van der Waals surface area contributed by atoms with Gasteiger partial charge in [0.05, 0.1) is 37.0 Å². The lowest BCUT2D eigenvalue weighted by Crippen LogP contribution is -2.32. The zero-order valence-corrected chi connectivity index (χ0v) is 20.5. The van der Waals surface area contributed by atoms with E-state index in [1.54, 1.807) is 38.1 Å². The zero-order chi connectivity index (χ0) is 25.1. The zero-order valence-electron chi connectivity index (χ0n) is 19.7. The highest BCUT2D eigenvalue weighted by molar-refractivity contribution is 7.14. The number of rotatable bonds is 6. The summed E-state index contributed by atoms with van der Waals surface area (Å²) in [6, 6.07) is 14.3. The van der Waals surface area contributed by atoms with E-state index in [9.17, 15) is 14.7 Å². The fraction of sp³-hybridized carbons (Fsp3) is 0.192. The Morgan fingerprint density at radius 2 is 1.63 bits per heavy atom. The van der Waals surface area contributed by atoms with Gasteiger partial charge in [-0.2, -0.15) is 0 Å². The van der Waals surface area contributed by atoms with Gasteiger partial charge >= 0.3 is 11.9 Å². The molecule has 0 aliphatic carbocycles. The molecule has 0 fully saturated rings. The average molecular weight is 492 g/mol. The summed E-state index contributed by atoms with van der Waals surface area (Å²) in [4.78, 5) is 30.1. The van der Waals surface area contributed by atoms with E-state index in [1.807, 2.05) is 29.6 Å². The number of hydrogen-bond donors (Lipinski definition) is 3. The number of methoxy groups -OCH3 is 2. The van der Waals surface area contributed by atoms with Crippen molar-refractivity contribution in [3.8, 4) is 17.0 Å². The monoisotopic (exact) mass is 491 g/mol. The van der Waals surface area contributed by atoms with Gasteiger partial charge in [-0.25, -0.2) is 14.6 Å². The standard InChI is InChI=1S/C26H25N3O5S/c1-14-21(24(31)33-3)23(22(15(2)27-14)25(32)34-4)17-6-5-7-18(12-17)28-26-29-20(13-35-26)16-8-10-19(30)11-9-16/h5-13,23,27,30H,1-4H3,(H,28,29). The first-order valence-electron chi connectivity index (χ1n) is 10.8. The van der Waals surface area contributed by atoms with Crippen molar-refractivity contribution in [1.29, 1.82) is 0 Å². The molecule has 2 aromatic carbocycles. The third-order valence-corrected chi connectivity index (χ3v) is 6.47. The van der Waals surface area contributed by atoms with Gasteiger partial charge in [0.2, 0.25) is 0 Å². The Bertz CT molecular complexity index is 1300. The number of esters is 2. The molecule has 9 heteroatoms. The van der Waals surface area contributed by atoms with Gasteiger partial charge < -0.3 is 25.2 Å². The highest BCUT2D eigenvalue weighted by atomic mass is 32.1. The van der Waals surface area contributed by atoms with E-state index in [2.05, 4.69) is 15.6 Å². The summed E-state index contributed by atoms with van der Waals surface area (Å²) in [7, 11) is 2.63. The lowest BCUT2D eigenvalue weighted by molar-refractivity contribution is -0.137. The van der Waals surface area contributed by atoms with Crippen molar-refractivity contribution in [1.82, 2.24) is 10.3 Å². The summed E-state index contributed by atoms with van der Waals surface area (Å²) >= 11 is 1.44. The normalized spacial score (nSPS) is 13.9. The smallest absolute Gasteiger partial charge is 0.336 e. The third kappa shape index (κ3) is 4.90. The highest BCUT2D eigenvalue weighted by Crippen LogP contribution is 2.40. The molecule has 2 heterocycles.